The van der Waals surface area contributed by atoms with Crippen LogP contribution in [0, 0.1) is 0 Å². The van der Waals surface area contributed by atoms with Gasteiger partial charge in [-0.05, 0) is 41.0 Å². The summed E-state index contributed by atoms with van der Waals surface area (Å²) in [5, 5.41) is 32.4. The van der Waals surface area contributed by atoms with E-state index in [9.17, 15) is 14.6 Å². The Bertz CT molecular complexity index is 754. The van der Waals surface area contributed by atoms with E-state index in [-0.39, 0.29) is 12.3 Å². The zero-order chi connectivity index (χ0) is 18.5. The molecule has 2 unspecified atom stereocenters. The number of rotatable bonds is 6. The predicted octanol–water partition coefficient (Wildman–Crippen LogP) is -0.507. The van der Waals surface area contributed by atoms with Gasteiger partial charge in [0, 0.05) is 5.56 Å². The van der Waals surface area contributed by atoms with Gasteiger partial charge in [-0.1, -0.05) is 12.1 Å². The molecule has 3 rings (SSSR count). The van der Waals surface area contributed by atoms with Crippen molar-refractivity contribution in [2.24, 2.45) is 0 Å². The molecule has 1 aliphatic rings. The minimum atomic E-state index is -1.23. The van der Waals surface area contributed by atoms with Crippen molar-refractivity contribution in [2.45, 2.75) is 37.9 Å². The summed E-state index contributed by atoms with van der Waals surface area (Å²) in [5.74, 6) is -1.89. The molecule has 1 aliphatic heterocycles. The van der Waals surface area contributed by atoms with Crippen LogP contribution in [0.2, 0.25) is 0 Å². The number of carboxylic acids is 1. The Labute approximate surface area is 149 Å². The number of aromatic nitrogens is 4. The lowest BCUT2D eigenvalue weighted by Crippen LogP contribution is -2.52. The zero-order valence-electron chi connectivity index (χ0n) is 13.9. The lowest BCUT2D eigenvalue weighted by atomic mass is 9.72. The molecule has 11 heteroatoms. The fourth-order valence-corrected chi connectivity index (χ4v) is 2.81. The average Bonchev–Trinajstić information content (AvgIpc) is 3.10. The normalized spacial score (nSPS) is 20.0. The summed E-state index contributed by atoms with van der Waals surface area (Å²) in [6, 6.07) is 6.96. The number of carbonyl (C=O) groups excluding carboxylic acids is 1. The van der Waals surface area contributed by atoms with Gasteiger partial charge in [-0.15, -0.1) is 5.10 Å². The molecule has 0 bridgehead atoms. The molecule has 26 heavy (non-hydrogen) atoms. The molecule has 1 aromatic carbocycles. The summed E-state index contributed by atoms with van der Waals surface area (Å²) in [5.41, 5.74) is 1.39. The molecule has 3 N–H and O–H groups in total. The first kappa shape index (κ1) is 18.0. The van der Waals surface area contributed by atoms with Gasteiger partial charge in [0.1, 0.15) is 6.33 Å². The van der Waals surface area contributed by atoms with Crippen LogP contribution in [0.15, 0.2) is 30.6 Å². The monoisotopic (exact) mass is 359 g/mol. The number of carbonyl (C=O) groups is 2. The highest BCUT2D eigenvalue weighted by atomic mass is 16.5. The lowest BCUT2D eigenvalue weighted by Gasteiger charge is -2.30. The molecular weight excluding hydrogens is 341 g/mol. The first-order valence-corrected chi connectivity index (χ1v) is 8.17. The number of benzene rings is 1. The van der Waals surface area contributed by atoms with E-state index in [0.29, 0.717) is 24.9 Å². The van der Waals surface area contributed by atoms with Crippen molar-refractivity contribution in [3.05, 3.63) is 41.7 Å². The molecule has 2 aromatic rings. The Balaban J connectivity index is 1.54. The topological polar surface area (TPSA) is 139 Å². The van der Waals surface area contributed by atoms with E-state index in [4.69, 9.17) is 9.76 Å². The number of amides is 1. The van der Waals surface area contributed by atoms with Crippen molar-refractivity contribution in [1.29, 1.82) is 0 Å². The molecule has 1 amide bonds. The van der Waals surface area contributed by atoms with Crippen LogP contribution < -0.4 is 5.32 Å². The minimum Gasteiger partial charge on any atom is -0.481 e. The number of nitrogens with one attached hydrogen (secondary N) is 1. The van der Waals surface area contributed by atoms with Gasteiger partial charge in [0.15, 0.2) is 0 Å². The lowest BCUT2D eigenvalue weighted by molar-refractivity contribution is -0.139. The summed E-state index contributed by atoms with van der Waals surface area (Å²) >= 11 is 0. The smallest absolute Gasteiger partial charge is 0.478 e. The number of hydrogen-bond acceptors (Lipinski definition) is 7. The SMILES string of the molecule is O=C(O)CC1CCC(NC(=O)c2ccc(Cn3cnnn3)cc2)B(O)O1. The van der Waals surface area contributed by atoms with Crippen molar-refractivity contribution in [2.75, 3.05) is 0 Å². The fraction of sp³-hybridized carbons (Fsp3) is 0.400. The molecule has 1 aromatic heterocycles. The summed E-state index contributed by atoms with van der Waals surface area (Å²) < 4.78 is 6.83. The second kappa shape index (κ2) is 8.06. The maximum Gasteiger partial charge on any atom is 0.478 e. The summed E-state index contributed by atoms with van der Waals surface area (Å²) in [6.07, 6.45) is 1.70. The Morgan fingerprint density at radius 3 is 2.69 bits per heavy atom. The van der Waals surface area contributed by atoms with Crippen LogP contribution >= 0.6 is 0 Å². The molecule has 1 fully saturated rings. The first-order chi connectivity index (χ1) is 12.5. The van der Waals surface area contributed by atoms with Crippen molar-refractivity contribution in [3.63, 3.8) is 0 Å². The van der Waals surface area contributed by atoms with E-state index in [1.54, 1.807) is 28.9 Å². The fourth-order valence-electron chi connectivity index (χ4n) is 2.81. The van der Waals surface area contributed by atoms with Crippen molar-refractivity contribution in [3.8, 4) is 0 Å². The second-order valence-electron chi connectivity index (χ2n) is 6.11. The highest BCUT2D eigenvalue weighted by Gasteiger charge is 2.36. The van der Waals surface area contributed by atoms with Gasteiger partial charge in [0.05, 0.1) is 25.0 Å². The maximum atomic E-state index is 12.3. The molecule has 0 aliphatic carbocycles. The van der Waals surface area contributed by atoms with E-state index in [1.807, 2.05) is 0 Å². The van der Waals surface area contributed by atoms with Crippen LogP contribution in [0.3, 0.4) is 0 Å². The zero-order valence-corrected chi connectivity index (χ0v) is 13.9. The van der Waals surface area contributed by atoms with Crippen LogP contribution in [0.5, 0.6) is 0 Å². The predicted molar refractivity (Wildman–Crippen MR) is 88.9 cm³/mol. The van der Waals surface area contributed by atoms with Gasteiger partial charge >= 0.3 is 13.1 Å². The first-order valence-electron chi connectivity index (χ1n) is 8.17. The highest BCUT2D eigenvalue weighted by molar-refractivity contribution is 6.45. The number of nitrogens with zero attached hydrogens (tertiary/aromatic N) is 4. The van der Waals surface area contributed by atoms with Crippen LogP contribution in [0.1, 0.15) is 35.2 Å². The van der Waals surface area contributed by atoms with Crippen molar-refractivity contribution < 1.29 is 24.4 Å². The summed E-state index contributed by atoms with van der Waals surface area (Å²) in [7, 11) is -1.23. The van der Waals surface area contributed by atoms with E-state index >= 15 is 0 Å². The number of tetrazole rings is 1. The average molecular weight is 359 g/mol. The third kappa shape index (κ3) is 4.64. The third-order valence-electron chi connectivity index (χ3n) is 4.15. The molecule has 0 spiro atoms. The molecule has 2 atom stereocenters. The van der Waals surface area contributed by atoms with E-state index in [0.717, 1.165) is 5.56 Å². The largest absolute Gasteiger partial charge is 0.481 e. The molecule has 0 saturated carbocycles. The molecule has 0 radical (unpaired) electrons. The molecule has 136 valence electrons. The molecule has 10 nitrogen and oxygen atoms in total. The Hall–Kier alpha value is -2.79. The van der Waals surface area contributed by atoms with Crippen LogP contribution in [0.25, 0.3) is 0 Å². The van der Waals surface area contributed by atoms with E-state index in [2.05, 4.69) is 20.8 Å². The Kier molecular flexibility index (Phi) is 5.59. The highest BCUT2D eigenvalue weighted by Crippen LogP contribution is 2.19. The van der Waals surface area contributed by atoms with Crippen molar-refractivity contribution in [1.82, 2.24) is 25.5 Å². The quantitative estimate of drug-likeness (QED) is 0.586. The Morgan fingerprint density at radius 2 is 2.08 bits per heavy atom. The van der Waals surface area contributed by atoms with Gasteiger partial charge in [-0.25, -0.2) is 4.68 Å². The summed E-state index contributed by atoms with van der Waals surface area (Å²) in [4.78, 5) is 23.0. The van der Waals surface area contributed by atoms with Crippen LogP contribution in [0.4, 0.5) is 0 Å². The van der Waals surface area contributed by atoms with Gasteiger partial charge in [-0.3, -0.25) is 9.59 Å². The number of hydrogen-bond donors (Lipinski definition) is 3. The summed E-state index contributed by atoms with van der Waals surface area (Å²) in [6.45, 7) is 0.495. The van der Waals surface area contributed by atoms with Gasteiger partial charge in [0.25, 0.3) is 5.91 Å². The van der Waals surface area contributed by atoms with Gasteiger partial charge < -0.3 is 20.1 Å². The van der Waals surface area contributed by atoms with Crippen LogP contribution in [-0.4, -0.2) is 61.4 Å². The number of aliphatic carboxylic acids is 1. The second-order valence-corrected chi connectivity index (χ2v) is 6.11. The van der Waals surface area contributed by atoms with Crippen molar-refractivity contribution >= 4 is 19.0 Å². The van der Waals surface area contributed by atoms with E-state index in [1.165, 1.54) is 6.33 Å². The molecule has 1 saturated heterocycles. The molecular formula is C15H18BN5O5. The number of carboxylic acid groups (broad SMARTS) is 1. The van der Waals surface area contributed by atoms with Crippen LogP contribution in [-0.2, 0) is 16.0 Å². The maximum absolute atomic E-state index is 12.3. The van der Waals surface area contributed by atoms with Gasteiger partial charge in [0.2, 0.25) is 0 Å². The standard InChI is InChI=1S/C15H18BN5O5/c22-14(23)7-12-5-6-13(16(25)26-12)18-15(24)11-3-1-10(2-4-11)8-21-9-17-19-20-21/h1-4,9,12-13,25H,5-8H2,(H,18,24)(H,22,23). The Morgan fingerprint density at radius 1 is 1.31 bits per heavy atom. The van der Waals surface area contributed by atoms with Gasteiger partial charge in [-0.2, -0.15) is 0 Å². The molecule has 2 heterocycles. The third-order valence-corrected chi connectivity index (χ3v) is 4.15. The minimum absolute atomic E-state index is 0.166. The van der Waals surface area contributed by atoms with E-state index < -0.39 is 25.1 Å².